The Kier molecular flexibility index (Phi) is 5.88. The summed E-state index contributed by atoms with van der Waals surface area (Å²) in [7, 11) is 3.52. The molecule has 1 aromatic heterocycles. The minimum Gasteiger partial charge on any atom is -0.375 e. The highest BCUT2D eigenvalue weighted by Gasteiger charge is 2.18. The van der Waals surface area contributed by atoms with E-state index in [0.29, 0.717) is 10.8 Å². The van der Waals surface area contributed by atoms with Crippen LogP contribution in [0.3, 0.4) is 0 Å². The van der Waals surface area contributed by atoms with E-state index in [9.17, 15) is 9.18 Å². The van der Waals surface area contributed by atoms with Gasteiger partial charge in [0.2, 0.25) is 0 Å². The summed E-state index contributed by atoms with van der Waals surface area (Å²) >= 11 is 1.40. The number of benzene rings is 1. The van der Waals surface area contributed by atoms with Gasteiger partial charge in [0.25, 0.3) is 5.91 Å². The first kappa shape index (κ1) is 18.8. The van der Waals surface area contributed by atoms with Crippen molar-refractivity contribution in [3.05, 3.63) is 40.7 Å². The van der Waals surface area contributed by atoms with Crippen molar-refractivity contribution in [3.8, 4) is 0 Å². The second kappa shape index (κ2) is 8.14. The van der Waals surface area contributed by atoms with Crippen LogP contribution < -0.4 is 10.2 Å². The number of carbonyl (C=O) groups excluding carboxylic acids is 1. The Balaban J connectivity index is 1.61. The SMILES string of the molecule is CC1CCCN(Cc2csc(NC(=O)c3ccc(N(C)C)c(F)c3)n2)C1. The van der Waals surface area contributed by atoms with Gasteiger partial charge in [-0.2, -0.15) is 0 Å². The number of hydrogen-bond acceptors (Lipinski definition) is 5. The largest absolute Gasteiger partial charge is 0.375 e. The zero-order chi connectivity index (χ0) is 18.7. The van der Waals surface area contributed by atoms with Crippen molar-refractivity contribution in [2.24, 2.45) is 5.92 Å². The van der Waals surface area contributed by atoms with E-state index in [1.807, 2.05) is 5.38 Å². The maximum absolute atomic E-state index is 14.1. The molecule has 0 saturated carbocycles. The number of carbonyl (C=O) groups is 1. The molecule has 140 valence electrons. The van der Waals surface area contributed by atoms with E-state index in [2.05, 4.69) is 22.1 Å². The predicted octanol–water partition coefficient (Wildman–Crippen LogP) is 3.83. The number of anilines is 2. The van der Waals surface area contributed by atoms with Gasteiger partial charge >= 0.3 is 0 Å². The molecule has 1 unspecified atom stereocenters. The van der Waals surface area contributed by atoms with Gasteiger partial charge in [-0.15, -0.1) is 11.3 Å². The molecule has 2 heterocycles. The first-order valence-corrected chi connectivity index (χ1v) is 9.75. The molecule has 0 bridgehead atoms. The fraction of sp³-hybridized carbons (Fsp3) is 0.474. The lowest BCUT2D eigenvalue weighted by atomic mass is 10.0. The van der Waals surface area contributed by atoms with Gasteiger partial charge < -0.3 is 4.90 Å². The van der Waals surface area contributed by atoms with Crippen molar-refractivity contribution in [1.82, 2.24) is 9.88 Å². The smallest absolute Gasteiger partial charge is 0.257 e. The lowest BCUT2D eigenvalue weighted by molar-refractivity contribution is 0.102. The number of nitrogens with zero attached hydrogens (tertiary/aromatic N) is 3. The summed E-state index contributed by atoms with van der Waals surface area (Å²) in [5.74, 6) is -0.0370. The molecule has 2 aromatic rings. The van der Waals surface area contributed by atoms with Crippen LogP contribution in [0.15, 0.2) is 23.6 Å². The average Bonchev–Trinajstić information content (AvgIpc) is 3.01. The van der Waals surface area contributed by atoms with Gasteiger partial charge in [-0.25, -0.2) is 9.37 Å². The molecule has 7 heteroatoms. The van der Waals surface area contributed by atoms with Crippen LogP contribution in [0.5, 0.6) is 0 Å². The Labute approximate surface area is 157 Å². The van der Waals surface area contributed by atoms with Crippen LogP contribution >= 0.6 is 11.3 Å². The quantitative estimate of drug-likeness (QED) is 0.862. The number of halogens is 1. The molecule has 1 amide bonds. The van der Waals surface area contributed by atoms with Crippen LogP contribution in [0.1, 0.15) is 35.8 Å². The van der Waals surface area contributed by atoms with Crippen molar-refractivity contribution in [2.75, 3.05) is 37.4 Å². The van der Waals surface area contributed by atoms with Crippen molar-refractivity contribution in [2.45, 2.75) is 26.3 Å². The van der Waals surface area contributed by atoms with Crippen molar-refractivity contribution in [3.63, 3.8) is 0 Å². The average molecular weight is 377 g/mol. The summed E-state index contributed by atoms with van der Waals surface area (Å²) < 4.78 is 14.1. The standard InChI is InChI=1S/C19H25FN4OS/c1-13-5-4-8-24(10-13)11-15-12-26-19(21-15)22-18(25)14-6-7-17(23(2)3)16(20)9-14/h6-7,9,12-13H,4-5,8,10-11H2,1-3H3,(H,21,22,25). The van der Waals surface area contributed by atoms with Gasteiger partial charge in [0, 0.05) is 38.1 Å². The number of likely N-dealkylation sites (tertiary alicyclic amines) is 1. The van der Waals surface area contributed by atoms with Gasteiger partial charge in [0.15, 0.2) is 5.13 Å². The molecule has 1 saturated heterocycles. The fourth-order valence-electron chi connectivity index (χ4n) is 3.28. The summed E-state index contributed by atoms with van der Waals surface area (Å²) in [5.41, 5.74) is 1.71. The van der Waals surface area contributed by atoms with E-state index < -0.39 is 5.82 Å². The summed E-state index contributed by atoms with van der Waals surface area (Å²) in [6, 6.07) is 4.49. The number of piperidine rings is 1. The minimum atomic E-state index is -0.415. The molecule has 3 rings (SSSR count). The summed E-state index contributed by atoms with van der Waals surface area (Å²) in [4.78, 5) is 20.9. The van der Waals surface area contributed by atoms with E-state index in [4.69, 9.17) is 0 Å². The predicted molar refractivity (Wildman–Crippen MR) is 104 cm³/mol. The second-order valence-corrected chi connectivity index (χ2v) is 8.00. The van der Waals surface area contributed by atoms with Gasteiger partial charge in [-0.1, -0.05) is 6.92 Å². The molecule has 1 fully saturated rings. The summed E-state index contributed by atoms with van der Waals surface area (Å²) in [6.45, 7) is 5.28. The molecule has 0 aliphatic carbocycles. The van der Waals surface area contributed by atoms with Crippen LogP contribution in [0, 0.1) is 11.7 Å². The number of aromatic nitrogens is 1. The van der Waals surface area contributed by atoms with Crippen LogP contribution in [0.2, 0.25) is 0 Å². The highest BCUT2D eigenvalue weighted by molar-refractivity contribution is 7.13. The van der Waals surface area contributed by atoms with Crippen molar-refractivity contribution < 1.29 is 9.18 Å². The first-order chi connectivity index (χ1) is 12.4. The third-order valence-corrected chi connectivity index (χ3v) is 5.40. The molecule has 1 N–H and O–H groups in total. The number of rotatable bonds is 5. The Hall–Kier alpha value is -1.99. The van der Waals surface area contributed by atoms with Crippen LogP contribution in [-0.2, 0) is 6.54 Å². The monoisotopic (exact) mass is 376 g/mol. The minimum absolute atomic E-state index is 0.287. The first-order valence-electron chi connectivity index (χ1n) is 8.87. The van der Waals surface area contributed by atoms with Gasteiger partial charge in [0.05, 0.1) is 11.4 Å². The number of hydrogen-bond donors (Lipinski definition) is 1. The molecular formula is C19H25FN4OS. The summed E-state index contributed by atoms with van der Waals surface area (Å²) in [5, 5.41) is 5.30. The molecule has 26 heavy (non-hydrogen) atoms. The highest BCUT2D eigenvalue weighted by atomic mass is 32.1. The molecule has 5 nitrogen and oxygen atoms in total. The van der Waals surface area contributed by atoms with Crippen molar-refractivity contribution in [1.29, 1.82) is 0 Å². The van der Waals surface area contributed by atoms with E-state index in [-0.39, 0.29) is 11.5 Å². The molecule has 1 aliphatic rings. The highest BCUT2D eigenvalue weighted by Crippen LogP contribution is 2.22. The zero-order valence-corrected chi connectivity index (χ0v) is 16.3. The Morgan fingerprint density at radius 1 is 1.46 bits per heavy atom. The third kappa shape index (κ3) is 4.59. The lowest BCUT2D eigenvalue weighted by Crippen LogP contribution is -2.33. The normalized spacial score (nSPS) is 17.9. The number of amides is 1. The van der Waals surface area contributed by atoms with E-state index in [1.165, 1.54) is 30.2 Å². The van der Waals surface area contributed by atoms with Gasteiger partial charge in [-0.3, -0.25) is 15.0 Å². The topological polar surface area (TPSA) is 48.5 Å². The molecule has 1 aliphatic heterocycles. The second-order valence-electron chi connectivity index (χ2n) is 7.14. The summed E-state index contributed by atoms with van der Waals surface area (Å²) in [6.07, 6.45) is 2.52. The maximum atomic E-state index is 14.1. The molecule has 1 aromatic carbocycles. The van der Waals surface area contributed by atoms with E-state index >= 15 is 0 Å². The van der Waals surface area contributed by atoms with E-state index in [1.54, 1.807) is 31.1 Å². The fourth-order valence-corrected chi connectivity index (χ4v) is 3.97. The Bertz CT molecular complexity index is 777. The maximum Gasteiger partial charge on any atom is 0.257 e. The van der Waals surface area contributed by atoms with Gasteiger partial charge in [-0.05, 0) is 43.5 Å². The van der Waals surface area contributed by atoms with Crippen molar-refractivity contribution >= 4 is 28.1 Å². The Morgan fingerprint density at radius 3 is 2.96 bits per heavy atom. The zero-order valence-electron chi connectivity index (χ0n) is 15.5. The van der Waals surface area contributed by atoms with Crippen LogP contribution in [0.25, 0.3) is 0 Å². The molecular weight excluding hydrogens is 351 g/mol. The Morgan fingerprint density at radius 2 is 2.27 bits per heavy atom. The lowest BCUT2D eigenvalue weighted by Gasteiger charge is -2.30. The molecule has 0 radical (unpaired) electrons. The number of nitrogens with one attached hydrogen (secondary N) is 1. The molecule has 0 spiro atoms. The van der Waals surface area contributed by atoms with Gasteiger partial charge in [0.1, 0.15) is 5.82 Å². The number of thiazole rings is 1. The van der Waals surface area contributed by atoms with Crippen LogP contribution in [-0.4, -0.2) is 43.0 Å². The van der Waals surface area contributed by atoms with Crippen LogP contribution in [0.4, 0.5) is 15.2 Å². The van der Waals surface area contributed by atoms with E-state index in [0.717, 1.165) is 31.2 Å². The third-order valence-electron chi connectivity index (χ3n) is 4.59. The molecule has 1 atom stereocenters.